The van der Waals surface area contributed by atoms with E-state index < -0.39 is 18.0 Å². The van der Waals surface area contributed by atoms with Crippen molar-refractivity contribution in [3.05, 3.63) is 29.8 Å². The molecule has 21 heavy (non-hydrogen) atoms. The van der Waals surface area contributed by atoms with Crippen LogP contribution in [0.5, 0.6) is 0 Å². The van der Waals surface area contributed by atoms with Crippen LogP contribution in [0.4, 0.5) is 10.5 Å². The highest BCUT2D eigenvalue weighted by molar-refractivity contribution is 5.90. The van der Waals surface area contributed by atoms with Crippen molar-refractivity contribution in [1.82, 2.24) is 10.3 Å². The molecule has 0 spiro atoms. The van der Waals surface area contributed by atoms with Crippen molar-refractivity contribution in [2.45, 2.75) is 18.9 Å². The maximum absolute atomic E-state index is 12.0. The normalized spacial score (nSPS) is 17.3. The second-order valence-electron chi connectivity index (χ2n) is 4.69. The fraction of sp³-hybridized carbons (Fsp3) is 0.308. The van der Waals surface area contributed by atoms with Crippen molar-refractivity contribution < 1.29 is 19.5 Å². The number of nitrogens with zero attached hydrogens (tertiary/aromatic N) is 1. The zero-order valence-corrected chi connectivity index (χ0v) is 11.2. The molecule has 1 aliphatic rings. The minimum atomic E-state index is -1.05. The van der Waals surface area contributed by atoms with Crippen molar-refractivity contribution in [2.24, 2.45) is 5.73 Å². The number of carbonyl (C=O) groups is 3. The lowest BCUT2D eigenvalue weighted by Crippen LogP contribution is -2.49. The van der Waals surface area contributed by atoms with Gasteiger partial charge in [-0.15, -0.1) is 0 Å². The van der Waals surface area contributed by atoms with E-state index in [1.165, 1.54) is 17.0 Å². The number of aromatic carboxylic acids is 1. The van der Waals surface area contributed by atoms with Crippen LogP contribution in [-0.2, 0) is 4.79 Å². The summed E-state index contributed by atoms with van der Waals surface area (Å²) in [7, 11) is 0. The van der Waals surface area contributed by atoms with Gasteiger partial charge >= 0.3 is 12.0 Å². The van der Waals surface area contributed by atoms with Crippen molar-refractivity contribution in [3.63, 3.8) is 0 Å². The molecule has 8 nitrogen and oxygen atoms in total. The summed E-state index contributed by atoms with van der Waals surface area (Å²) in [5.74, 6) is -1.44. The van der Waals surface area contributed by atoms with E-state index in [0.29, 0.717) is 18.7 Å². The van der Waals surface area contributed by atoms with E-state index in [0.717, 1.165) is 6.42 Å². The molecule has 1 aromatic rings. The summed E-state index contributed by atoms with van der Waals surface area (Å²) in [6, 6.07) is 4.79. The quantitative estimate of drug-likeness (QED) is 0.597. The summed E-state index contributed by atoms with van der Waals surface area (Å²) < 4.78 is 0. The average Bonchev–Trinajstić information content (AvgIpc) is 2.94. The molecule has 0 radical (unpaired) electrons. The lowest BCUT2D eigenvalue weighted by molar-refractivity contribution is -0.124. The predicted octanol–water partition coefficient (Wildman–Crippen LogP) is 0.371. The first kappa shape index (κ1) is 14.6. The highest BCUT2D eigenvalue weighted by atomic mass is 16.4. The number of carboxylic acid groups (broad SMARTS) is 1. The third kappa shape index (κ3) is 3.41. The van der Waals surface area contributed by atoms with Gasteiger partial charge in [0.1, 0.15) is 6.04 Å². The van der Waals surface area contributed by atoms with E-state index in [1.54, 1.807) is 12.1 Å². The van der Waals surface area contributed by atoms with Crippen LogP contribution in [0.1, 0.15) is 23.2 Å². The first-order chi connectivity index (χ1) is 9.99. The van der Waals surface area contributed by atoms with Crippen LogP contribution in [0.2, 0.25) is 0 Å². The molecule has 0 aromatic heterocycles. The van der Waals surface area contributed by atoms with Gasteiger partial charge in [-0.25, -0.2) is 9.59 Å². The van der Waals surface area contributed by atoms with Crippen LogP contribution in [0.15, 0.2) is 24.3 Å². The number of rotatable bonds is 4. The van der Waals surface area contributed by atoms with Crippen LogP contribution in [0.25, 0.3) is 0 Å². The minimum absolute atomic E-state index is 0.105. The Morgan fingerprint density at radius 1 is 1.33 bits per heavy atom. The predicted molar refractivity (Wildman–Crippen MR) is 74.5 cm³/mol. The van der Waals surface area contributed by atoms with Crippen LogP contribution >= 0.6 is 0 Å². The molecule has 3 amide bonds. The summed E-state index contributed by atoms with van der Waals surface area (Å²) in [6.07, 6.45) is 1.27. The summed E-state index contributed by atoms with van der Waals surface area (Å²) in [6.45, 7) is 0.460. The van der Waals surface area contributed by atoms with Gasteiger partial charge in [-0.1, -0.05) is 6.07 Å². The molecule has 0 aliphatic carbocycles. The number of likely N-dealkylation sites (tertiary alicyclic amines) is 1. The van der Waals surface area contributed by atoms with E-state index in [2.05, 4.69) is 10.9 Å². The van der Waals surface area contributed by atoms with Gasteiger partial charge in [-0.3, -0.25) is 15.6 Å². The van der Waals surface area contributed by atoms with Crippen molar-refractivity contribution in [3.8, 4) is 0 Å². The summed E-state index contributed by atoms with van der Waals surface area (Å²) in [5.41, 5.74) is 10.8. The maximum atomic E-state index is 12.0. The Morgan fingerprint density at radius 3 is 2.76 bits per heavy atom. The molecule has 112 valence electrons. The van der Waals surface area contributed by atoms with Crippen LogP contribution < -0.4 is 16.6 Å². The highest BCUT2D eigenvalue weighted by Crippen LogP contribution is 2.17. The highest BCUT2D eigenvalue weighted by Gasteiger charge is 2.32. The molecule has 2 rings (SSSR count). The molecule has 8 heteroatoms. The van der Waals surface area contributed by atoms with Gasteiger partial charge in [0.2, 0.25) is 0 Å². The lowest BCUT2D eigenvalue weighted by atomic mass is 10.2. The molecular weight excluding hydrogens is 276 g/mol. The molecule has 1 atom stereocenters. The number of anilines is 1. The zero-order valence-electron chi connectivity index (χ0n) is 11.2. The van der Waals surface area contributed by atoms with Crippen LogP contribution in [0, 0.1) is 0 Å². The zero-order chi connectivity index (χ0) is 15.4. The number of hydrogen-bond donors (Lipinski definition) is 4. The Bertz CT molecular complexity index is 575. The summed E-state index contributed by atoms with van der Waals surface area (Å²) in [5, 5.41) is 8.88. The summed E-state index contributed by atoms with van der Waals surface area (Å²) in [4.78, 5) is 35.4. The molecular formula is C13H16N4O4. The topological polar surface area (TPSA) is 125 Å². The van der Waals surface area contributed by atoms with Gasteiger partial charge < -0.3 is 15.7 Å². The number of amides is 3. The fourth-order valence-corrected chi connectivity index (χ4v) is 2.25. The minimum Gasteiger partial charge on any atom is -0.478 e. The maximum Gasteiger partial charge on any atom is 0.335 e. The Kier molecular flexibility index (Phi) is 4.27. The Balaban J connectivity index is 1.96. The van der Waals surface area contributed by atoms with Gasteiger partial charge in [-0.2, -0.15) is 0 Å². The number of urea groups is 1. The second-order valence-corrected chi connectivity index (χ2v) is 4.69. The number of hydrogen-bond acceptors (Lipinski definition) is 4. The lowest BCUT2D eigenvalue weighted by Gasteiger charge is -2.22. The van der Waals surface area contributed by atoms with Crippen molar-refractivity contribution in [1.29, 1.82) is 0 Å². The number of primary amides is 1. The first-order valence-electron chi connectivity index (χ1n) is 6.44. The van der Waals surface area contributed by atoms with Gasteiger partial charge in [0.15, 0.2) is 0 Å². The van der Waals surface area contributed by atoms with Gasteiger partial charge in [0.05, 0.1) is 11.3 Å². The third-order valence-electron chi connectivity index (χ3n) is 3.28. The number of hydrazine groups is 1. The van der Waals surface area contributed by atoms with E-state index in [9.17, 15) is 14.4 Å². The molecule has 1 unspecified atom stereocenters. The number of nitrogens with one attached hydrogen (secondary N) is 2. The molecule has 1 saturated heterocycles. The molecule has 0 bridgehead atoms. The molecule has 1 fully saturated rings. The van der Waals surface area contributed by atoms with E-state index in [-0.39, 0.29) is 11.5 Å². The Morgan fingerprint density at radius 2 is 2.10 bits per heavy atom. The largest absolute Gasteiger partial charge is 0.478 e. The average molecular weight is 292 g/mol. The number of nitrogens with two attached hydrogens (primary N) is 1. The molecule has 5 N–H and O–H groups in total. The van der Waals surface area contributed by atoms with E-state index in [1.807, 2.05) is 0 Å². The Hall–Kier alpha value is -2.77. The smallest absolute Gasteiger partial charge is 0.335 e. The molecule has 0 saturated carbocycles. The summed E-state index contributed by atoms with van der Waals surface area (Å²) >= 11 is 0. The molecule has 1 aliphatic heterocycles. The number of benzene rings is 1. The van der Waals surface area contributed by atoms with Crippen LogP contribution in [0.3, 0.4) is 0 Å². The second kappa shape index (κ2) is 6.12. The number of carboxylic acids is 1. The number of carbonyl (C=O) groups excluding carboxylic acids is 2. The SMILES string of the molecule is NC(=O)N1CCCC1C(=O)NNc1cccc(C(=O)O)c1. The van der Waals surface area contributed by atoms with Gasteiger partial charge in [0.25, 0.3) is 5.91 Å². The molecule has 1 heterocycles. The standard InChI is InChI=1S/C13H16N4O4/c14-13(21)17-6-2-5-10(17)11(18)16-15-9-4-1-3-8(7-9)12(19)20/h1,3-4,7,10,15H,2,5-6H2,(H2,14,21)(H,16,18)(H,19,20). The monoisotopic (exact) mass is 292 g/mol. The third-order valence-corrected chi connectivity index (χ3v) is 3.28. The molecule has 1 aromatic carbocycles. The Labute approximate surface area is 120 Å². The van der Waals surface area contributed by atoms with Gasteiger partial charge in [-0.05, 0) is 31.0 Å². The van der Waals surface area contributed by atoms with Crippen LogP contribution in [-0.4, -0.2) is 40.5 Å². The van der Waals surface area contributed by atoms with Gasteiger partial charge in [0, 0.05) is 6.54 Å². The fourth-order valence-electron chi connectivity index (χ4n) is 2.25. The van der Waals surface area contributed by atoms with Crippen molar-refractivity contribution >= 4 is 23.6 Å². The van der Waals surface area contributed by atoms with E-state index >= 15 is 0 Å². The van der Waals surface area contributed by atoms with Crippen molar-refractivity contribution in [2.75, 3.05) is 12.0 Å². The van der Waals surface area contributed by atoms with E-state index in [4.69, 9.17) is 10.8 Å². The first-order valence-corrected chi connectivity index (χ1v) is 6.44.